The standard InChI is InChI=1S/C17H10Br2N2O2S2/c18-12-3-1-2-10(6-12)7-15-16(23)21(17(24)25-15)20-9-11-8-13(19)4-5-14(11)22/h1-9,22H/b15-7?,20-9+. The van der Waals surface area contributed by atoms with Crippen LogP contribution >= 0.6 is 55.8 Å². The monoisotopic (exact) mass is 496 g/mol. The number of hydrogen-bond acceptors (Lipinski definition) is 5. The fourth-order valence-corrected chi connectivity index (χ4v) is 4.02. The number of phenolic OH excluding ortho intramolecular Hbond substituents is 1. The van der Waals surface area contributed by atoms with E-state index in [-0.39, 0.29) is 11.7 Å². The lowest BCUT2D eigenvalue weighted by Gasteiger charge is -2.06. The van der Waals surface area contributed by atoms with E-state index in [2.05, 4.69) is 37.0 Å². The van der Waals surface area contributed by atoms with Crippen molar-refractivity contribution in [1.29, 1.82) is 0 Å². The number of hydrazone groups is 1. The summed E-state index contributed by atoms with van der Waals surface area (Å²) >= 11 is 13.2. The van der Waals surface area contributed by atoms with E-state index in [1.165, 1.54) is 18.0 Å². The van der Waals surface area contributed by atoms with Crippen LogP contribution in [0.5, 0.6) is 5.75 Å². The van der Waals surface area contributed by atoms with Crippen molar-refractivity contribution in [1.82, 2.24) is 5.01 Å². The minimum atomic E-state index is -0.291. The third kappa shape index (κ3) is 4.38. The highest BCUT2D eigenvalue weighted by atomic mass is 79.9. The summed E-state index contributed by atoms with van der Waals surface area (Å²) in [6.07, 6.45) is 3.18. The van der Waals surface area contributed by atoms with Crippen molar-refractivity contribution in [2.45, 2.75) is 0 Å². The molecule has 1 amide bonds. The summed E-state index contributed by atoms with van der Waals surface area (Å²) in [6.45, 7) is 0. The van der Waals surface area contributed by atoms with Crippen molar-refractivity contribution in [3.05, 3.63) is 67.4 Å². The van der Waals surface area contributed by atoms with Gasteiger partial charge in [0.05, 0.1) is 11.1 Å². The Bertz CT molecular complexity index is 929. The highest BCUT2D eigenvalue weighted by Crippen LogP contribution is 2.33. The number of halogens is 2. The van der Waals surface area contributed by atoms with Crippen LogP contribution in [0.4, 0.5) is 0 Å². The van der Waals surface area contributed by atoms with Gasteiger partial charge in [0.1, 0.15) is 5.75 Å². The Kier molecular flexibility index (Phi) is 5.73. The molecule has 0 aliphatic carbocycles. The van der Waals surface area contributed by atoms with E-state index in [1.807, 2.05) is 24.3 Å². The normalized spacial score (nSPS) is 16.4. The van der Waals surface area contributed by atoms with Gasteiger partial charge in [0, 0.05) is 14.5 Å². The van der Waals surface area contributed by atoms with Crippen LogP contribution in [0.1, 0.15) is 11.1 Å². The molecule has 1 aliphatic rings. The SMILES string of the molecule is O=C1C(=Cc2cccc(Br)c2)SC(=S)N1/N=C/c1cc(Br)ccc1O. The number of carbonyl (C=O) groups is 1. The Morgan fingerprint density at radius 3 is 2.68 bits per heavy atom. The number of rotatable bonds is 3. The van der Waals surface area contributed by atoms with E-state index in [0.717, 1.165) is 19.5 Å². The van der Waals surface area contributed by atoms with Crippen molar-refractivity contribution >= 4 is 78.4 Å². The smallest absolute Gasteiger partial charge is 0.286 e. The molecule has 126 valence electrons. The summed E-state index contributed by atoms with van der Waals surface area (Å²) < 4.78 is 2.07. The highest BCUT2D eigenvalue weighted by molar-refractivity contribution is 9.10. The molecule has 0 bridgehead atoms. The summed E-state index contributed by atoms with van der Waals surface area (Å²) in [6, 6.07) is 12.6. The average Bonchev–Trinajstić information content (AvgIpc) is 2.82. The van der Waals surface area contributed by atoms with Crippen LogP contribution in [0.2, 0.25) is 0 Å². The summed E-state index contributed by atoms with van der Waals surface area (Å²) in [5.74, 6) is -0.220. The molecule has 1 heterocycles. The van der Waals surface area contributed by atoms with Crippen LogP contribution in [0.15, 0.2) is 61.4 Å². The van der Waals surface area contributed by atoms with Crippen LogP contribution in [0, 0.1) is 0 Å². The zero-order chi connectivity index (χ0) is 18.0. The first-order valence-electron chi connectivity index (χ1n) is 7.00. The molecule has 25 heavy (non-hydrogen) atoms. The number of carbonyl (C=O) groups excluding carboxylic acids is 1. The minimum Gasteiger partial charge on any atom is -0.507 e. The van der Waals surface area contributed by atoms with E-state index in [4.69, 9.17) is 12.2 Å². The lowest BCUT2D eigenvalue weighted by molar-refractivity contribution is -0.122. The second-order valence-electron chi connectivity index (χ2n) is 5.00. The maximum absolute atomic E-state index is 12.5. The molecule has 1 saturated heterocycles. The number of hydrogen-bond donors (Lipinski definition) is 1. The van der Waals surface area contributed by atoms with Gasteiger partial charge in [-0.2, -0.15) is 10.1 Å². The predicted molar refractivity (Wildman–Crippen MR) is 113 cm³/mol. The molecule has 8 heteroatoms. The average molecular weight is 498 g/mol. The second kappa shape index (κ2) is 7.82. The molecular weight excluding hydrogens is 488 g/mol. The quantitative estimate of drug-likeness (QED) is 0.362. The van der Waals surface area contributed by atoms with E-state index in [9.17, 15) is 9.90 Å². The lowest BCUT2D eigenvalue weighted by Crippen LogP contribution is -2.22. The fourth-order valence-electron chi connectivity index (χ4n) is 2.06. The third-order valence-corrected chi connectivity index (χ3v) is 5.49. The number of aromatic hydroxyl groups is 1. The first-order valence-corrected chi connectivity index (χ1v) is 9.81. The molecule has 3 rings (SSSR count). The molecule has 2 aromatic rings. The number of amides is 1. The third-order valence-electron chi connectivity index (χ3n) is 3.22. The van der Waals surface area contributed by atoms with Gasteiger partial charge in [-0.05, 0) is 54.2 Å². The Hall–Kier alpha value is -1.48. The van der Waals surface area contributed by atoms with Crippen LogP contribution in [-0.4, -0.2) is 26.6 Å². The van der Waals surface area contributed by atoms with E-state index >= 15 is 0 Å². The van der Waals surface area contributed by atoms with Crippen LogP contribution in [0.3, 0.4) is 0 Å². The fraction of sp³-hybridized carbons (Fsp3) is 0. The van der Waals surface area contributed by atoms with Crippen molar-refractivity contribution < 1.29 is 9.90 Å². The van der Waals surface area contributed by atoms with Gasteiger partial charge in [0.25, 0.3) is 5.91 Å². The van der Waals surface area contributed by atoms with E-state index in [0.29, 0.717) is 14.8 Å². The zero-order valence-electron chi connectivity index (χ0n) is 12.5. The number of benzene rings is 2. The number of thioether (sulfide) groups is 1. The van der Waals surface area contributed by atoms with Gasteiger partial charge in [0.2, 0.25) is 0 Å². The van der Waals surface area contributed by atoms with Gasteiger partial charge in [-0.15, -0.1) is 0 Å². The molecule has 0 atom stereocenters. The molecule has 0 unspecified atom stereocenters. The van der Waals surface area contributed by atoms with Gasteiger partial charge in [-0.25, -0.2) is 0 Å². The number of nitrogens with zero attached hydrogens (tertiary/aromatic N) is 2. The predicted octanol–water partition coefficient (Wildman–Crippen LogP) is 5.15. The van der Waals surface area contributed by atoms with Gasteiger partial charge in [0.15, 0.2) is 4.32 Å². The summed E-state index contributed by atoms with van der Waals surface area (Å²) in [5, 5.41) is 15.1. The van der Waals surface area contributed by atoms with Gasteiger partial charge in [-0.3, -0.25) is 4.79 Å². The Labute approximate surface area is 170 Å². The molecule has 0 spiro atoms. The largest absolute Gasteiger partial charge is 0.507 e. The van der Waals surface area contributed by atoms with Crippen molar-refractivity contribution in [2.75, 3.05) is 0 Å². The molecule has 1 N–H and O–H groups in total. The second-order valence-corrected chi connectivity index (χ2v) is 8.50. The summed E-state index contributed by atoms with van der Waals surface area (Å²) in [4.78, 5) is 13.0. The summed E-state index contributed by atoms with van der Waals surface area (Å²) in [5.41, 5.74) is 1.38. The Morgan fingerprint density at radius 2 is 1.92 bits per heavy atom. The topological polar surface area (TPSA) is 52.9 Å². The molecular formula is C17H10Br2N2O2S2. The van der Waals surface area contributed by atoms with Crippen molar-refractivity contribution in [2.24, 2.45) is 5.10 Å². The maximum Gasteiger partial charge on any atom is 0.286 e. The minimum absolute atomic E-state index is 0.0714. The molecule has 4 nitrogen and oxygen atoms in total. The molecule has 2 aromatic carbocycles. The first-order chi connectivity index (χ1) is 11.9. The van der Waals surface area contributed by atoms with Crippen LogP contribution < -0.4 is 0 Å². The molecule has 0 aromatic heterocycles. The summed E-state index contributed by atoms with van der Waals surface area (Å²) in [7, 11) is 0. The lowest BCUT2D eigenvalue weighted by atomic mass is 10.2. The van der Waals surface area contributed by atoms with Crippen LogP contribution in [-0.2, 0) is 4.79 Å². The highest BCUT2D eigenvalue weighted by Gasteiger charge is 2.32. The van der Waals surface area contributed by atoms with Crippen molar-refractivity contribution in [3.8, 4) is 5.75 Å². The molecule has 0 saturated carbocycles. The first kappa shape index (κ1) is 18.3. The van der Waals surface area contributed by atoms with Crippen LogP contribution in [0.25, 0.3) is 6.08 Å². The number of phenols is 1. The van der Waals surface area contributed by atoms with E-state index < -0.39 is 0 Å². The zero-order valence-corrected chi connectivity index (χ0v) is 17.3. The maximum atomic E-state index is 12.5. The Balaban J connectivity index is 1.84. The van der Waals surface area contributed by atoms with Crippen molar-refractivity contribution in [3.63, 3.8) is 0 Å². The number of thiocarbonyl (C=S) groups is 1. The van der Waals surface area contributed by atoms with Gasteiger partial charge >= 0.3 is 0 Å². The van der Waals surface area contributed by atoms with Gasteiger partial charge < -0.3 is 5.11 Å². The molecule has 1 fully saturated rings. The van der Waals surface area contributed by atoms with Gasteiger partial charge in [-0.1, -0.05) is 55.8 Å². The molecule has 0 radical (unpaired) electrons. The van der Waals surface area contributed by atoms with E-state index in [1.54, 1.807) is 24.3 Å². The molecule has 1 aliphatic heterocycles. The Morgan fingerprint density at radius 1 is 1.16 bits per heavy atom.